The lowest BCUT2D eigenvalue weighted by Crippen LogP contribution is -2.60. The number of ether oxygens (including phenoxy) is 5. The van der Waals surface area contributed by atoms with E-state index in [2.05, 4.69) is 19.2 Å². The van der Waals surface area contributed by atoms with Gasteiger partial charge in [-0.3, -0.25) is 14.4 Å². The van der Waals surface area contributed by atoms with Crippen LogP contribution in [0.2, 0.25) is 0 Å². The minimum Gasteiger partial charge on any atom is -0.493 e. The van der Waals surface area contributed by atoms with Crippen LogP contribution in [0.1, 0.15) is 51.2 Å². The van der Waals surface area contributed by atoms with E-state index >= 15 is 0 Å². The molecule has 4 atom stereocenters. The summed E-state index contributed by atoms with van der Waals surface area (Å²) < 4.78 is 28.7. The number of fused-ring (bicyclic) bond motifs is 1. The summed E-state index contributed by atoms with van der Waals surface area (Å²) in [5, 5.41) is 2.95. The number of nitrogens with one attached hydrogen (secondary N) is 1. The fourth-order valence-electron chi connectivity index (χ4n) is 6.32. The van der Waals surface area contributed by atoms with E-state index in [1.807, 2.05) is 61.5 Å². The quantitative estimate of drug-likeness (QED) is 0.280. The molecule has 2 heterocycles. The fraction of sp³-hybridized carbons (Fsp3) is 0.528. The molecule has 1 N–H and O–H groups in total. The van der Waals surface area contributed by atoms with E-state index in [0.29, 0.717) is 42.7 Å². The Hall–Kier alpha value is -3.89. The minimum atomic E-state index is -1.28. The number of nitrogens with zero attached hydrogens (tertiary/aromatic N) is 1. The molecular formula is C36H48N2O8. The summed E-state index contributed by atoms with van der Waals surface area (Å²) in [6.07, 6.45) is 2.05. The van der Waals surface area contributed by atoms with Crippen LogP contribution >= 0.6 is 0 Å². The molecule has 10 heteroatoms. The number of amides is 2. The molecular weight excluding hydrogens is 588 g/mol. The molecule has 0 bridgehead atoms. The highest BCUT2D eigenvalue weighted by Gasteiger charge is 2.59. The molecule has 1 saturated heterocycles. The van der Waals surface area contributed by atoms with Gasteiger partial charge in [-0.25, -0.2) is 0 Å². The van der Waals surface area contributed by atoms with Gasteiger partial charge in [0.2, 0.25) is 11.8 Å². The SMILES string of the molecule is COC(=O)[C@]12C[C@H](CC(=O)NCCC(C)C)C(=O)N(CCc3ccc(OC)c(OC)c3)C1=C[C@H](COCc1ccccc1)O[C@@H]2C. The summed E-state index contributed by atoms with van der Waals surface area (Å²) in [7, 11) is 4.49. The highest BCUT2D eigenvalue weighted by molar-refractivity contribution is 5.92. The van der Waals surface area contributed by atoms with Gasteiger partial charge in [-0.15, -0.1) is 0 Å². The van der Waals surface area contributed by atoms with Crippen LogP contribution in [0.15, 0.2) is 60.3 Å². The van der Waals surface area contributed by atoms with Crippen LogP contribution in [0.4, 0.5) is 0 Å². The van der Waals surface area contributed by atoms with Gasteiger partial charge in [0.25, 0.3) is 0 Å². The molecule has 2 aromatic rings. The Kier molecular flexibility index (Phi) is 12.2. The zero-order valence-corrected chi connectivity index (χ0v) is 27.9. The van der Waals surface area contributed by atoms with Gasteiger partial charge in [0, 0.05) is 31.1 Å². The van der Waals surface area contributed by atoms with E-state index in [4.69, 9.17) is 23.7 Å². The van der Waals surface area contributed by atoms with Crippen LogP contribution in [0, 0.1) is 17.3 Å². The lowest BCUT2D eigenvalue weighted by atomic mass is 9.66. The van der Waals surface area contributed by atoms with Crippen molar-refractivity contribution in [1.82, 2.24) is 10.2 Å². The number of carbonyl (C=O) groups excluding carboxylic acids is 3. The molecule has 4 rings (SSSR count). The summed E-state index contributed by atoms with van der Waals surface area (Å²) in [6, 6.07) is 15.5. The molecule has 0 radical (unpaired) electrons. The van der Waals surface area contributed by atoms with E-state index in [-0.39, 0.29) is 37.8 Å². The zero-order chi connectivity index (χ0) is 33.3. The van der Waals surface area contributed by atoms with Gasteiger partial charge in [0.15, 0.2) is 11.5 Å². The predicted octanol–water partition coefficient (Wildman–Crippen LogP) is 4.69. The first-order chi connectivity index (χ1) is 22.1. The van der Waals surface area contributed by atoms with Crippen molar-refractivity contribution < 1.29 is 38.1 Å². The number of rotatable bonds is 15. The number of carbonyl (C=O) groups is 3. The largest absolute Gasteiger partial charge is 0.493 e. The van der Waals surface area contributed by atoms with Gasteiger partial charge in [-0.2, -0.15) is 0 Å². The standard InChI is InChI=1S/C36H48N2O8/c1-24(2)14-16-37-33(39)19-28-21-36(35(41)44-6)25(3)46-29(23-45-22-27-10-8-7-9-11-27)20-32(36)38(34(28)40)17-15-26-12-13-30(42-4)31(18-26)43-5/h7-13,18,20,24-25,28-29H,14-17,19,21-23H2,1-6H3,(H,37,39)/t25-,28+,29-,36+/m1/s1. The smallest absolute Gasteiger partial charge is 0.320 e. The maximum absolute atomic E-state index is 14.2. The second kappa shape index (κ2) is 16.1. The maximum Gasteiger partial charge on any atom is 0.320 e. The first-order valence-corrected chi connectivity index (χ1v) is 16.0. The Morgan fingerprint density at radius 1 is 1.04 bits per heavy atom. The summed E-state index contributed by atoms with van der Waals surface area (Å²) in [5.74, 6) is -0.0383. The van der Waals surface area contributed by atoms with E-state index in [1.165, 1.54) is 7.11 Å². The van der Waals surface area contributed by atoms with Gasteiger partial charge in [0.05, 0.1) is 40.6 Å². The maximum atomic E-state index is 14.2. The van der Waals surface area contributed by atoms with Crippen molar-refractivity contribution in [3.8, 4) is 11.5 Å². The van der Waals surface area contributed by atoms with E-state index in [9.17, 15) is 14.4 Å². The lowest BCUT2D eigenvalue weighted by molar-refractivity contribution is -0.178. The van der Waals surface area contributed by atoms with Gasteiger partial charge >= 0.3 is 5.97 Å². The highest BCUT2D eigenvalue weighted by atomic mass is 16.6. The average molecular weight is 637 g/mol. The molecule has 0 unspecified atom stereocenters. The van der Waals surface area contributed by atoms with Crippen LogP contribution in [-0.2, 0) is 41.6 Å². The molecule has 0 saturated carbocycles. The number of benzene rings is 2. The number of hydrogen-bond acceptors (Lipinski definition) is 8. The number of esters is 1. The molecule has 2 amide bonds. The molecule has 2 aliphatic rings. The molecule has 0 aliphatic carbocycles. The molecule has 0 spiro atoms. The molecule has 46 heavy (non-hydrogen) atoms. The summed E-state index contributed by atoms with van der Waals surface area (Å²) >= 11 is 0. The van der Waals surface area contributed by atoms with Crippen molar-refractivity contribution in [2.45, 2.75) is 65.3 Å². The first kappa shape index (κ1) is 35.0. The lowest BCUT2D eigenvalue weighted by Gasteiger charge is -2.51. The minimum absolute atomic E-state index is 0.0356. The Morgan fingerprint density at radius 3 is 2.46 bits per heavy atom. The molecule has 2 aromatic carbocycles. The van der Waals surface area contributed by atoms with Gasteiger partial charge < -0.3 is 33.9 Å². The topological polar surface area (TPSA) is 113 Å². The molecule has 0 aromatic heterocycles. The van der Waals surface area contributed by atoms with E-state index < -0.39 is 29.5 Å². The summed E-state index contributed by atoms with van der Waals surface area (Å²) in [6.45, 7) is 7.44. The van der Waals surface area contributed by atoms with Gasteiger partial charge in [-0.05, 0) is 61.4 Å². The van der Waals surface area contributed by atoms with Crippen molar-refractivity contribution in [3.63, 3.8) is 0 Å². The van der Waals surface area contributed by atoms with Gasteiger partial charge in [0.1, 0.15) is 11.5 Å². The molecule has 1 fully saturated rings. The third-order valence-electron chi connectivity index (χ3n) is 8.84. The second-order valence-corrected chi connectivity index (χ2v) is 12.4. The highest BCUT2D eigenvalue weighted by Crippen LogP contribution is 2.50. The third-order valence-corrected chi connectivity index (χ3v) is 8.84. The first-order valence-electron chi connectivity index (χ1n) is 16.0. The third kappa shape index (κ3) is 8.09. The second-order valence-electron chi connectivity index (χ2n) is 12.4. The van der Waals surface area contributed by atoms with E-state index in [0.717, 1.165) is 17.5 Å². The summed E-state index contributed by atoms with van der Waals surface area (Å²) in [5.41, 5.74) is 1.21. The number of piperidine rings is 1. The fourth-order valence-corrected chi connectivity index (χ4v) is 6.32. The van der Waals surface area contributed by atoms with E-state index in [1.54, 1.807) is 19.1 Å². The van der Waals surface area contributed by atoms with Crippen LogP contribution in [0.25, 0.3) is 0 Å². The van der Waals surface area contributed by atoms with Crippen LogP contribution in [0.3, 0.4) is 0 Å². The Labute approximate surface area is 272 Å². The Morgan fingerprint density at radius 2 is 1.78 bits per heavy atom. The van der Waals surface area contributed by atoms with Gasteiger partial charge in [-0.1, -0.05) is 50.2 Å². The zero-order valence-electron chi connectivity index (χ0n) is 27.9. The van der Waals surface area contributed by atoms with Crippen molar-refractivity contribution in [2.24, 2.45) is 17.3 Å². The molecule has 10 nitrogen and oxygen atoms in total. The monoisotopic (exact) mass is 636 g/mol. The summed E-state index contributed by atoms with van der Waals surface area (Å²) in [4.78, 5) is 42.7. The van der Waals surface area contributed by atoms with Crippen molar-refractivity contribution >= 4 is 17.8 Å². The van der Waals surface area contributed by atoms with Crippen molar-refractivity contribution in [1.29, 1.82) is 0 Å². The van der Waals surface area contributed by atoms with Crippen LogP contribution in [0.5, 0.6) is 11.5 Å². The normalized spacial score (nSPS) is 22.6. The van der Waals surface area contributed by atoms with Crippen LogP contribution in [-0.4, -0.2) is 75.9 Å². The number of likely N-dealkylation sites (tertiary alicyclic amines) is 1. The number of hydrogen-bond donors (Lipinski definition) is 1. The molecule has 2 aliphatic heterocycles. The average Bonchev–Trinajstić information content (AvgIpc) is 3.05. The number of methoxy groups -OCH3 is 3. The van der Waals surface area contributed by atoms with Crippen LogP contribution < -0.4 is 14.8 Å². The van der Waals surface area contributed by atoms with Crippen molar-refractivity contribution in [3.05, 3.63) is 71.4 Å². The Balaban J connectivity index is 1.65. The predicted molar refractivity (Wildman–Crippen MR) is 173 cm³/mol. The van der Waals surface area contributed by atoms with Crippen molar-refractivity contribution in [2.75, 3.05) is 41.0 Å². The Bertz CT molecular complexity index is 1380. The molecule has 250 valence electrons.